The van der Waals surface area contributed by atoms with Gasteiger partial charge in [-0.3, -0.25) is 14.9 Å². The first-order chi connectivity index (χ1) is 16.4. The maximum Gasteiger partial charge on any atom is 0.259 e. The number of rotatable bonds is 7. The Kier molecular flexibility index (Phi) is 5.77. The van der Waals surface area contributed by atoms with Crippen molar-refractivity contribution in [3.8, 4) is 0 Å². The van der Waals surface area contributed by atoms with Gasteiger partial charge in [-0.05, 0) is 38.4 Å². The number of hydrogen-bond acceptors (Lipinski definition) is 4. The molecule has 3 heterocycles. The van der Waals surface area contributed by atoms with Crippen LogP contribution in [0.1, 0.15) is 11.1 Å². The Bertz CT molecular complexity index is 1460. The van der Waals surface area contributed by atoms with Crippen LogP contribution >= 0.6 is 11.6 Å². The SMILES string of the molecule is COC(CN(C)C)Cn1cc(C2=C(c3c[nH]c4ccccc34)C(=O)NC2=O)c2cc(Cl)ccc21. The van der Waals surface area contributed by atoms with Gasteiger partial charge < -0.3 is 19.2 Å². The number of nitrogens with zero attached hydrogens (tertiary/aromatic N) is 2. The van der Waals surface area contributed by atoms with Crippen LogP contribution in [0.3, 0.4) is 0 Å². The molecule has 1 unspecified atom stereocenters. The molecule has 0 radical (unpaired) electrons. The van der Waals surface area contributed by atoms with Crippen LogP contribution in [-0.4, -0.2) is 60.1 Å². The molecule has 0 saturated carbocycles. The van der Waals surface area contributed by atoms with Crippen LogP contribution in [0.4, 0.5) is 0 Å². The van der Waals surface area contributed by atoms with Crippen molar-refractivity contribution in [3.63, 3.8) is 0 Å². The first-order valence-corrected chi connectivity index (χ1v) is 11.4. The molecule has 2 aromatic carbocycles. The molecule has 1 aliphatic rings. The van der Waals surface area contributed by atoms with Gasteiger partial charge in [0, 0.05) is 64.0 Å². The molecule has 174 valence electrons. The van der Waals surface area contributed by atoms with E-state index in [1.807, 2.05) is 62.8 Å². The highest BCUT2D eigenvalue weighted by molar-refractivity contribution is 6.50. The number of aromatic amines is 1. The van der Waals surface area contributed by atoms with E-state index in [-0.39, 0.29) is 6.10 Å². The summed E-state index contributed by atoms with van der Waals surface area (Å²) in [4.78, 5) is 31.4. The Morgan fingerprint density at radius 1 is 1.03 bits per heavy atom. The van der Waals surface area contributed by atoms with E-state index in [0.717, 1.165) is 28.4 Å². The minimum atomic E-state index is -0.416. The summed E-state index contributed by atoms with van der Waals surface area (Å²) < 4.78 is 7.76. The van der Waals surface area contributed by atoms with Gasteiger partial charge in [-0.25, -0.2) is 0 Å². The number of carbonyl (C=O) groups is 2. The van der Waals surface area contributed by atoms with Gasteiger partial charge in [-0.15, -0.1) is 0 Å². The molecule has 8 heteroatoms. The Hall–Kier alpha value is -3.39. The van der Waals surface area contributed by atoms with Gasteiger partial charge in [-0.1, -0.05) is 29.8 Å². The van der Waals surface area contributed by atoms with E-state index in [1.165, 1.54) is 0 Å². The van der Waals surface area contributed by atoms with Crippen molar-refractivity contribution < 1.29 is 14.3 Å². The number of imide groups is 1. The zero-order valence-electron chi connectivity index (χ0n) is 19.2. The number of ether oxygens (including phenoxy) is 1. The largest absolute Gasteiger partial charge is 0.378 e. The predicted molar refractivity (Wildman–Crippen MR) is 135 cm³/mol. The lowest BCUT2D eigenvalue weighted by atomic mass is 9.95. The number of aromatic nitrogens is 2. The van der Waals surface area contributed by atoms with Gasteiger partial charge >= 0.3 is 0 Å². The molecule has 0 fully saturated rings. The number of hydrogen-bond donors (Lipinski definition) is 2. The van der Waals surface area contributed by atoms with E-state index in [0.29, 0.717) is 33.8 Å². The highest BCUT2D eigenvalue weighted by atomic mass is 35.5. The monoisotopic (exact) mass is 476 g/mol. The molecular formula is C26H25ClN4O3. The second-order valence-electron chi connectivity index (χ2n) is 8.76. The summed E-state index contributed by atoms with van der Waals surface area (Å²) in [5.41, 5.74) is 3.88. The number of para-hydroxylation sites is 1. The molecule has 1 aliphatic heterocycles. The lowest BCUT2D eigenvalue weighted by Gasteiger charge is -2.20. The fourth-order valence-corrected chi connectivity index (χ4v) is 4.87. The minimum Gasteiger partial charge on any atom is -0.378 e. The van der Waals surface area contributed by atoms with Crippen LogP contribution in [0.25, 0.3) is 33.0 Å². The summed E-state index contributed by atoms with van der Waals surface area (Å²) in [6.45, 7) is 1.32. The summed E-state index contributed by atoms with van der Waals surface area (Å²) in [5, 5.41) is 4.74. The molecule has 0 spiro atoms. The molecule has 34 heavy (non-hydrogen) atoms. The second kappa shape index (κ2) is 8.76. The van der Waals surface area contributed by atoms with Crippen molar-refractivity contribution in [3.05, 3.63) is 71.0 Å². The fraction of sp³-hybridized carbons (Fsp3) is 0.231. The third kappa shape index (κ3) is 3.81. The van der Waals surface area contributed by atoms with E-state index in [2.05, 4.69) is 19.8 Å². The number of nitrogens with one attached hydrogen (secondary N) is 2. The summed E-state index contributed by atoms with van der Waals surface area (Å²) in [5.74, 6) is -0.823. The van der Waals surface area contributed by atoms with Crippen molar-refractivity contribution in [2.75, 3.05) is 27.7 Å². The molecule has 5 rings (SSSR count). The predicted octanol–water partition coefficient (Wildman–Crippen LogP) is 3.92. The summed E-state index contributed by atoms with van der Waals surface area (Å²) in [7, 11) is 5.69. The minimum absolute atomic E-state index is 0.0600. The highest BCUT2D eigenvalue weighted by Gasteiger charge is 2.35. The topological polar surface area (TPSA) is 79.4 Å². The number of methoxy groups -OCH3 is 1. The average Bonchev–Trinajstić information content (AvgIpc) is 3.45. The number of likely N-dealkylation sites (N-methyl/N-ethyl adjacent to an activating group) is 1. The van der Waals surface area contributed by atoms with Crippen LogP contribution in [0.5, 0.6) is 0 Å². The van der Waals surface area contributed by atoms with Crippen LogP contribution in [0, 0.1) is 0 Å². The lowest BCUT2D eigenvalue weighted by Crippen LogP contribution is -2.31. The van der Waals surface area contributed by atoms with E-state index in [9.17, 15) is 9.59 Å². The van der Waals surface area contributed by atoms with Crippen LogP contribution < -0.4 is 5.32 Å². The van der Waals surface area contributed by atoms with Gasteiger partial charge in [-0.2, -0.15) is 0 Å². The number of fused-ring (bicyclic) bond motifs is 2. The Balaban J connectivity index is 1.73. The molecule has 1 atom stereocenters. The maximum absolute atomic E-state index is 13.1. The Morgan fingerprint density at radius 2 is 1.76 bits per heavy atom. The summed E-state index contributed by atoms with van der Waals surface area (Å²) in [6.07, 6.45) is 3.64. The standard InChI is InChI=1S/C26H25ClN4O3/c1-30(2)12-16(34-3)13-31-14-20(18-10-15(27)8-9-22(18)31)24-23(25(32)29-26(24)33)19-11-28-21-7-5-4-6-17(19)21/h4-11,14,16,28H,12-13H2,1-3H3,(H,29,32,33). The smallest absolute Gasteiger partial charge is 0.259 e. The van der Waals surface area contributed by atoms with Crippen molar-refractivity contribution in [2.45, 2.75) is 12.6 Å². The van der Waals surface area contributed by atoms with Crippen LogP contribution in [-0.2, 0) is 20.9 Å². The van der Waals surface area contributed by atoms with Crippen molar-refractivity contribution in [2.24, 2.45) is 0 Å². The Labute approximate surface area is 201 Å². The number of halogens is 1. The second-order valence-corrected chi connectivity index (χ2v) is 9.19. The highest BCUT2D eigenvalue weighted by Crippen LogP contribution is 2.39. The molecule has 2 N–H and O–H groups in total. The molecular weight excluding hydrogens is 452 g/mol. The maximum atomic E-state index is 13.1. The molecule has 0 saturated heterocycles. The summed E-state index contributed by atoms with van der Waals surface area (Å²) in [6, 6.07) is 13.3. The first-order valence-electron chi connectivity index (χ1n) is 11.0. The normalized spacial score (nSPS) is 15.2. The van der Waals surface area contributed by atoms with Crippen molar-refractivity contribution >= 4 is 56.4 Å². The average molecular weight is 477 g/mol. The molecule has 0 aliphatic carbocycles. The van der Waals surface area contributed by atoms with Gasteiger partial charge in [0.25, 0.3) is 11.8 Å². The van der Waals surface area contributed by atoms with Crippen LogP contribution in [0.2, 0.25) is 5.02 Å². The van der Waals surface area contributed by atoms with Crippen molar-refractivity contribution in [1.82, 2.24) is 19.8 Å². The van der Waals surface area contributed by atoms with Gasteiger partial charge in [0.2, 0.25) is 0 Å². The number of carbonyl (C=O) groups excluding carboxylic acids is 2. The van der Waals surface area contributed by atoms with Gasteiger partial charge in [0.1, 0.15) is 0 Å². The van der Waals surface area contributed by atoms with Gasteiger partial charge in [0.15, 0.2) is 0 Å². The quantitative estimate of drug-likeness (QED) is 0.396. The molecule has 7 nitrogen and oxygen atoms in total. The van der Waals surface area contributed by atoms with Crippen molar-refractivity contribution in [1.29, 1.82) is 0 Å². The molecule has 0 bridgehead atoms. The number of benzene rings is 2. The van der Waals surface area contributed by atoms with Gasteiger partial charge in [0.05, 0.1) is 23.8 Å². The van der Waals surface area contributed by atoms with E-state index in [4.69, 9.17) is 16.3 Å². The number of amides is 2. The molecule has 2 aromatic heterocycles. The lowest BCUT2D eigenvalue weighted by molar-refractivity contribution is -0.122. The zero-order valence-corrected chi connectivity index (χ0v) is 19.9. The zero-order chi connectivity index (χ0) is 24.0. The third-order valence-electron chi connectivity index (χ3n) is 6.20. The number of H-pyrrole nitrogens is 1. The van der Waals surface area contributed by atoms with E-state index >= 15 is 0 Å². The van der Waals surface area contributed by atoms with E-state index < -0.39 is 11.8 Å². The Morgan fingerprint density at radius 3 is 2.50 bits per heavy atom. The molecule has 2 amide bonds. The van der Waals surface area contributed by atoms with E-state index in [1.54, 1.807) is 13.3 Å². The molecule has 4 aromatic rings. The first kappa shape index (κ1) is 22.4. The third-order valence-corrected chi connectivity index (χ3v) is 6.44. The fourth-order valence-electron chi connectivity index (χ4n) is 4.70. The van der Waals surface area contributed by atoms with Crippen LogP contribution in [0.15, 0.2) is 54.9 Å². The summed E-state index contributed by atoms with van der Waals surface area (Å²) >= 11 is 6.36.